The van der Waals surface area contributed by atoms with Crippen molar-refractivity contribution in [2.45, 2.75) is 19.8 Å². The topological polar surface area (TPSA) is 69.6 Å². The van der Waals surface area contributed by atoms with E-state index in [4.69, 9.17) is 0 Å². The van der Waals surface area contributed by atoms with E-state index in [-0.39, 0.29) is 18.4 Å². The molecular formula is C34H35N5O2. The van der Waals surface area contributed by atoms with Crippen LogP contribution < -0.4 is 4.90 Å². The van der Waals surface area contributed by atoms with Gasteiger partial charge in [0.15, 0.2) is 5.82 Å². The van der Waals surface area contributed by atoms with Crippen molar-refractivity contribution in [3.63, 3.8) is 0 Å². The van der Waals surface area contributed by atoms with Crippen molar-refractivity contribution in [3.8, 4) is 22.4 Å². The Bertz CT molecular complexity index is 1490. The molecule has 0 unspecified atom stereocenters. The Morgan fingerprint density at radius 1 is 0.756 bits per heavy atom. The van der Waals surface area contributed by atoms with Gasteiger partial charge in [0.25, 0.3) is 5.91 Å². The van der Waals surface area contributed by atoms with Gasteiger partial charge in [-0.2, -0.15) is 0 Å². The third kappa shape index (κ3) is 6.30. The molecule has 7 heteroatoms. The molecule has 2 aliphatic rings. The van der Waals surface area contributed by atoms with Gasteiger partial charge in [0.2, 0.25) is 5.91 Å². The van der Waals surface area contributed by atoms with E-state index in [1.54, 1.807) is 4.90 Å². The highest BCUT2D eigenvalue weighted by Gasteiger charge is 2.31. The van der Waals surface area contributed by atoms with Crippen molar-refractivity contribution in [3.05, 3.63) is 102 Å². The van der Waals surface area contributed by atoms with Crippen LogP contribution in [0.3, 0.4) is 0 Å². The average molecular weight is 546 g/mol. The lowest BCUT2D eigenvalue weighted by Crippen LogP contribution is -2.52. The number of amides is 2. The van der Waals surface area contributed by atoms with Crippen LogP contribution in [0.15, 0.2) is 91.0 Å². The Morgan fingerprint density at radius 3 is 2.07 bits per heavy atom. The summed E-state index contributed by atoms with van der Waals surface area (Å²) in [5, 5.41) is 8.99. The molecule has 0 atom stereocenters. The van der Waals surface area contributed by atoms with Gasteiger partial charge in [0.05, 0.1) is 5.69 Å². The van der Waals surface area contributed by atoms with E-state index in [0.29, 0.717) is 44.2 Å². The summed E-state index contributed by atoms with van der Waals surface area (Å²) >= 11 is 0. The average Bonchev–Trinajstić information content (AvgIpc) is 3.85. The van der Waals surface area contributed by atoms with Crippen LogP contribution in [-0.2, 0) is 4.79 Å². The molecular weight excluding hydrogens is 510 g/mol. The summed E-state index contributed by atoms with van der Waals surface area (Å²) in [6.07, 6.45) is 2.26. The molecule has 0 bridgehead atoms. The van der Waals surface area contributed by atoms with E-state index in [0.717, 1.165) is 35.5 Å². The summed E-state index contributed by atoms with van der Waals surface area (Å²) < 4.78 is 0. The Hall–Kier alpha value is -4.52. The predicted molar refractivity (Wildman–Crippen MR) is 162 cm³/mol. The highest BCUT2D eigenvalue weighted by atomic mass is 16.2. The molecule has 1 aliphatic heterocycles. The Morgan fingerprint density at radius 2 is 1.41 bits per heavy atom. The number of nitrogens with zero attached hydrogens (tertiary/aromatic N) is 5. The molecule has 6 rings (SSSR count). The molecule has 2 amide bonds. The highest BCUT2D eigenvalue weighted by molar-refractivity contribution is 5.97. The number of hydrogen-bond donors (Lipinski definition) is 0. The molecule has 0 radical (unpaired) electrons. The quantitative estimate of drug-likeness (QED) is 0.300. The van der Waals surface area contributed by atoms with Gasteiger partial charge in [-0.15, -0.1) is 10.2 Å². The summed E-state index contributed by atoms with van der Waals surface area (Å²) in [5.74, 6) is 1.28. The van der Waals surface area contributed by atoms with Crippen LogP contribution in [0.25, 0.3) is 22.4 Å². The van der Waals surface area contributed by atoms with Crippen LogP contribution in [0.5, 0.6) is 0 Å². The standard InChI is InChI=1S/C34H35N5O2/c1-25-7-5-6-10-30(25)34(41)39(23-26-11-12-26)24-33(40)38-21-19-37(20-22-38)32-18-17-31(35-36-32)29-15-13-28(14-16-29)27-8-3-2-4-9-27/h2-10,13-18,26H,11-12,19-24H2,1H3. The number of carbonyl (C=O) groups is 2. The summed E-state index contributed by atoms with van der Waals surface area (Å²) in [4.78, 5) is 32.4. The van der Waals surface area contributed by atoms with E-state index in [2.05, 4.69) is 51.5 Å². The van der Waals surface area contributed by atoms with Gasteiger partial charge in [-0.1, -0.05) is 72.8 Å². The third-order valence-corrected chi connectivity index (χ3v) is 8.06. The lowest BCUT2D eigenvalue weighted by Gasteiger charge is -2.36. The molecule has 208 valence electrons. The lowest BCUT2D eigenvalue weighted by atomic mass is 10.0. The first kappa shape index (κ1) is 26.7. The third-order valence-electron chi connectivity index (χ3n) is 8.06. The van der Waals surface area contributed by atoms with Gasteiger partial charge in [0.1, 0.15) is 6.54 Å². The van der Waals surface area contributed by atoms with Crippen LogP contribution in [0, 0.1) is 12.8 Å². The molecule has 1 aromatic heterocycles. The van der Waals surface area contributed by atoms with Crippen LogP contribution in [0.4, 0.5) is 5.82 Å². The summed E-state index contributed by atoms with van der Waals surface area (Å²) in [6.45, 7) is 5.27. The molecule has 2 fully saturated rings. The fourth-order valence-electron chi connectivity index (χ4n) is 5.37. The Kier molecular flexibility index (Phi) is 7.76. The van der Waals surface area contributed by atoms with Crippen LogP contribution >= 0.6 is 0 Å². The minimum atomic E-state index is -0.0490. The van der Waals surface area contributed by atoms with Crippen LogP contribution in [0.2, 0.25) is 0 Å². The molecule has 3 aromatic carbocycles. The largest absolute Gasteiger partial charge is 0.352 e. The summed E-state index contributed by atoms with van der Waals surface area (Å²) in [5.41, 5.74) is 5.83. The van der Waals surface area contributed by atoms with Crippen molar-refractivity contribution in [1.29, 1.82) is 0 Å². The van der Waals surface area contributed by atoms with Crippen molar-refractivity contribution in [2.75, 3.05) is 44.2 Å². The second kappa shape index (κ2) is 11.9. The molecule has 7 nitrogen and oxygen atoms in total. The lowest BCUT2D eigenvalue weighted by molar-refractivity contribution is -0.132. The Labute approximate surface area is 241 Å². The number of carbonyl (C=O) groups excluding carboxylic acids is 2. The van der Waals surface area contributed by atoms with E-state index < -0.39 is 0 Å². The molecule has 0 spiro atoms. The first-order valence-corrected chi connectivity index (χ1v) is 14.4. The predicted octanol–water partition coefficient (Wildman–Crippen LogP) is 5.32. The smallest absolute Gasteiger partial charge is 0.254 e. The number of aryl methyl sites for hydroxylation is 1. The Balaban J connectivity index is 1.05. The van der Waals surface area contributed by atoms with E-state index in [1.807, 2.05) is 66.4 Å². The minimum absolute atomic E-state index is 0.00705. The van der Waals surface area contributed by atoms with Crippen molar-refractivity contribution < 1.29 is 9.59 Å². The molecule has 4 aromatic rings. The van der Waals surface area contributed by atoms with Gasteiger partial charge in [-0.05, 0) is 60.6 Å². The first-order valence-electron chi connectivity index (χ1n) is 14.4. The fourth-order valence-corrected chi connectivity index (χ4v) is 5.37. The SMILES string of the molecule is Cc1ccccc1C(=O)N(CC(=O)N1CCN(c2ccc(-c3ccc(-c4ccccc4)cc3)nn2)CC1)CC1CC1. The zero-order valence-corrected chi connectivity index (χ0v) is 23.4. The van der Waals surface area contributed by atoms with E-state index in [1.165, 1.54) is 11.1 Å². The van der Waals surface area contributed by atoms with Gasteiger partial charge in [-0.3, -0.25) is 9.59 Å². The van der Waals surface area contributed by atoms with Crippen molar-refractivity contribution in [1.82, 2.24) is 20.0 Å². The first-order chi connectivity index (χ1) is 20.0. The van der Waals surface area contributed by atoms with Gasteiger partial charge < -0.3 is 14.7 Å². The number of piperazine rings is 1. The second-order valence-electron chi connectivity index (χ2n) is 11.0. The van der Waals surface area contributed by atoms with E-state index >= 15 is 0 Å². The highest BCUT2D eigenvalue weighted by Crippen LogP contribution is 2.30. The number of aromatic nitrogens is 2. The molecule has 1 saturated heterocycles. The fraction of sp³-hybridized carbons (Fsp3) is 0.294. The van der Waals surface area contributed by atoms with Crippen molar-refractivity contribution >= 4 is 17.6 Å². The zero-order chi connectivity index (χ0) is 28.2. The van der Waals surface area contributed by atoms with Gasteiger partial charge >= 0.3 is 0 Å². The number of benzene rings is 3. The maximum atomic E-state index is 13.3. The maximum Gasteiger partial charge on any atom is 0.254 e. The monoisotopic (exact) mass is 545 g/mol. The van der Waals surface area contributed by atoms with Gasteiger partial charge in [0, 0.05) is 43.9 Å². The summed E-state index contributed by atoms with van der Waals surface area (Å²) in [6, 6.07) is 30.3. The molecule has 41 heavy (non-hydrogen) atoms. The van der Waals surface area contributed by atoms with Crippen LogP contribution in [0.1, 0.15) is 28.8 Å². The zero-order valence-electron chi connectivity index (χ0n) is 23.4. The second-order valence-corrected chi connectivity index (χ2v) is 11.0. The van der Waals surface area contributed by atoms with Crippen molar-refractivity contribution in [2.24, 2.45) is 5.92 Å². The molecule has 1 aliphatic carbocycles. The molecule has 1 saturated carbocycles. The van der Waals surface area contributed by atoms with E-state index in [9.17, 15) is 9.59 Å². The molecule has 0 N–H and O–H groups in total. The van der Waals surface area contributed by atoms with Gasteiger partial charge in [-0.25, -0.2) is 0 Å². The number of anilines is 1. The number of hydrogen-bond acceptors (Lipinski definition) is 5. The minimum Gasteiger partial charge on any atom is -0.352 e. The molecule has 2 heterocycles. The van der Waals surface area contributed by atoms with Crippen LogP contribution in [-0.4, -0.2) is 71.1 Å². The number of rotatable bonds is 8. The maximum absolute atomic E-state index is 13.3. The normalized spacial score (nSPS) is 15.0. The summed E-state index contributed by atoms with van der Waals surface area (Å²) in [7, 11) is 0.